The zero-order valence-electron chi connectivity index (χ0n) is 11.8. The number of hydrogen-bond acceptors (Lipinski definition) is 0. The van der Waals surface area contributed by atoms with Crippen molar-refractivity contribution in [1.82, 2.24) is 0 Å². The van der Waals surface area contributed by atoms with Crippen molar-refractivity contribution in [2.24, 2.45) is 23.2 Å². The van der Waals surface area contributed by atoms with Gasteiger partial charge in [-0.05, 0) is 24.2 Å². The van der Waals surface area contributed by atoms with Crippen LogP contribution in [0.4, 0.5) is 0 Å². The molecule has 0 heterocycles. The van der Waals surface area contributed by atoms with Gasteiger partial charge in [0.25, 0.3) is 0 Å². The molecule has 2 aliphatic rings. The van der Waals surface area contributed by atoms with E-state index in [2.05, 4.69) is 27.2 Å². The summed E-state index contributed by atoms with van der Waals surface area (Å²) in [6.45, 7) is 11.4. The van der Waals surface area contributed by atoms with Crippen LogP contribution in [0.1, 0.15) is 66.7 Å². The zero-order chi connectivity index (χ0) is 11.5. The summed E-state index contributed by atoms with van der Waals surface area (Å²) in [4.78, 5) is 0. The monoisotopic (exact) mass is 349 g/mol. The van der Waals surface area contributed by atoms with Crippen molar-refractivity contribution in [3.8, 4) is 0 Å². The smallest absolute Gasteiger partial charge is 0 e. The fourth-order valence-corrected chi connectivity index (χ4v) is 3.66. The summed E-state index contributed by atoms with van der Waals surface area (Å²) in [5.41, 5.74) is 0.589. The first-order valence-corrected chi connectivity index (χ1v) is 6.93. The van der Waals surface area contributed by atoms with Gasteiger partial charge in [0.2, 0.25) is 0 Å². The summed E-state index contributed by atoms with van der Waals surface area (Å²) < 4.78 is 0. The SMILES string of the molecule is CC.CC1CCC2C1CC[CH-]CC2(C)C.[Ce]. The van der Waals surface area contributed by atoms with Gasteiger partial charge in [-0.25, -0.2) is 0 Å². The molecule has 2 saturated carbocycles. The third kappa shape index (κ3) is 3.95. The molecule has 0 saturated heterocycles. The van der Waals surface area contributed by atoms with Crippen LogP contribution in [0.2, 0.25) is 0 Å². The van der Waals surface area contributed by atoms with Gasteiger partial charge in [-0.15, -0.1) is 0 Å². The summed E-state index contributed by atoms with van der Waals surface area (Å²) in [6.07, 6.45) is 9.70. The summed E-state index contributed by atoms with van der Waals surface area (Å²) in [5, 5.41) is 0. The van der Waals surface area contributed by atoms with Gasteiger partial charge in [-0.1, -0.05) is 52.9 Å². The Kier molecular flexibility index (Phi) is 8.40. The molecule has 16 heavy (non-hydrogen) atoms. The molecule has 0 radical (unpaired) electrons. The van der Waals surface area contributed by atoms with Gasteiger partial charge in [-0.3, -0.25) is 0 Å². The van der Waals surface area contributed by atoms with Crippen LogP contribution >= 0.6 is 0 Å². The molecule has 0 N–H and O–H groups in total. The Labute approximate surface area is 137 Å². The van der Waals surface area contributed by atoms with Gasteiger partial charge >= 0.3 is 0 Å². The van der Waals surface area contributed by atoms with Gasteiger partial charge in [0.1, 0.15) is 0 Å². The third-order valence-corrected chi connectivity index (χ3v) is 4.56. The van der Waals surface area contributed by atoms with E-state index in [1.54, 1.807) is 0 Å². The van der Waals surface area contributed by atoms with Crippen LogP contribution in [-0.2, 0) is 0 Å². The standard InChI is InChI=1S/C13H23.C2H6.Ce/c1-10-7-8-12-11(10)6-4-5-9-13(12,2)3;1-2;/h5,10-12H,4,6-9H2,1-3H3;1-2H3;/q-1;;. The van der Waals surface area contributed by atoms with Crippen LogP contribution < -0.4 is 0 Å². The van der Waals surface area contributed by atoms with Crippen LogP contribution in [0.15, 0.2) is 0 Å². The van der Waals surface area contributed by atoms with Gasteiger partial charge in [0, 0.05) is 41.7 Å². The Balaban J connectivity index is 0.000000711. The maximum atomic E-state index is 2.53. The second-order valence-corrected chi connectivity index (χ2v) is 5.88. The van der Waals surface area contributed by atoms with Crippen molar-refractivity contribution in [2.75, 3.05) is 0 Å². The second-order valence-electron chi connectivity index (χ2n) is 5.88. The predicted molar refractivity (Wildman–Crippen MR) is 68.7 cm³/mol. The van der Waals surface area contributed by atoms with E-state index < -0.39 is 0 Å². The van der Waals surface area contributed by atoms with Crippen molar-refractivity contribution in [1.29, 1.82) is 0 Å². The van der Waals surface area contributed by atoms with Crippen molar-refractivity contribution < 1.29 is 41.7 Å². The van der Waals surface area contributed by atoms with E-state index in [0.29, 0.717) is 5.41 Å². The average Bonchev–Trinajstić information content (AvgIpc) is 2.51. The van der Waals surface area contributed by atoms with Crippen molar-refractivity contribution in [3.05, 3.63) is 6.42 Å². The van der Waals surface area contributed by atoms with E-state index in [9.17, 15) is 0 Å². The molecule has 3 atom stereocenters. The van der Waals surface area contributed by atoms with E-state index in [1.807, 2.05) is 13.8 Å². The first kappa shape index (κ1) is 17.4. The molecule has 0 spiro atoms. The first-order chi connectivity index (χ1) is 7.11. The van der Waals surface area contributed by atoms with E-state index in [4.69, 9.17) is 0 Å². The van der Waals surface area contributed by atoms with Crippen LogP contribution in [0, 0.1) is 71.3 Å². The molecule has 3 unspecified atom stereocenters. The van der Waals surface area contributed by atoms with Crippen LogP contribution in [0.5, 0.6) is 0 Å². The molecule has 1 heteroatoms. The van der Waals surface area contributed by atoms with Crippen molar-refractivity contribution in [3.63, 3.8) is 0 Å². The van der Waals surface area contributed by atoms with Crippen molar-refractivity contribution in [2.45, 2.75) is 66.7 Å². The van der Waals surface area contributed by atoms with Gasteiger partial charge in [-0.2, -0.15) is 12.8 Å². The molecule has 0 aromatic heterocycles. The van der Waals surface area contributed by atoms with Crippen LogP contribution in [0.3, 0.4) is 0 Å². The predicted octanol–water partition coefficient (Wildman–Crippen LogP) is 5.09. The minimum atomic E-state index is 0. The van der Waals surface area contributed by atoms with Crippen LogP contribution in [0.25, 0.3) is 0 Å². The zero-order valence-corrected chi connectivity index (χ0v) is 15.0. The first-order valence-electron chi connectivity index (χ1n) is 6.93. The molecule has 0 bridgehead atoms. The Morgan fingerprint density at radius 2 is 1.69 bits per heavy atom. The number of hydrogen-bond donors (Lipinski definition) is 0. The number of fused-ring (bicyclic) bond motifs is 1. The fraction of sp³-hybridized carbons (Fsp3) is 0.933. The second kappa shape index (κ2) is 7.73. The van der Waals surface area contributed by atoms with E-state index in [-0.39, 0.29) is 41.7 Å². The van der Waals surface area contributed by atoms with Gasteiger partial charge in [0.05, 0.1) is 0 Å². The maximum absolute atomic E-state index is 2.53. The Morgan fingerprint density at radius 1 is 1.06 bits per heavy atom. The summed E-state index contributed by atoms with van der Waals surface area (Å²) in [6, 6.07) is 0. The van der Waals surface area contributed by atoms with E-state index >= 15 is 0 Å². The Bertz CT molecular complexity index is 186. The van der Waals surface area contributed by atoms with E-state index in [0.717, 1.165) is 17.8 Å². The number of rotatable bonds is 0. The maximum Gasteiger partial charge on any atom is 0 e. The average molecular weight is 350 g/mol. The van der Waals surface area contributed by atoms with Crippen LogP contribution in [-0.4, -0.2) is 0 Å². The van der Waals surface area contributed by atoms with Gasteiger partial charge in [0.15, 0.2) is 0 Å². The molecule has 0 aliphatic heterocycles. The molecular formula is C15H29Ce-. The molecule has 0 nitrogen and oxygen atoms in total. The molecule has 0 aromatic rings. The molecule has 0 amide bonds. The van der Waals surface area contributed by atoms with Crippen molar-refractivity contribution >= 4 is 0 Å². The third-order valence-electron chi connectivity index (χ3n) is 4.56. The molecule has 94 valence electrons. The summed E-state index contributed by atoms with van der Waals surface area (Å²) >= 11 is 0. The normalized spacial score (nSPS) is 36.2. The summed E-state index contributed by atoms with van der Waals surface area (Å²) in [7, 11) is 0. The van der Waals surface area contributed by atoms with Gasteiger partial charge < -0.3 is 6.42 Å². The molecular weight excluding hydrogens is 320 g/mol. The fourth-order valence-electron chi connectivity index (χ4n) is 3.66. The molecule has 2 aliphatic carbocycles. The Hall–Kier alpha value is 1.38. The largest absolute Gasteiger partial charge is 0.328 e. The molecule has 2 fully saturated rings. The minimum Gasteiger partial charge on any atom is -0.328 e. The Morgan fingerprint density at radius 3 is 2.31 bits per heavy atom. The molecule has 2 rings (SSSR count). The molecule has 0 aromatic carbocycles. The van der Waals surface area contributed by atoms with E-state index in [1.165, 1.54) is 32.1 Å². The minimum absolute atomic E-state index is 0. The topological polar surface area (TPSA) is 0 Å². The summed E-state index contributed by atoms with van der Waals surface area (Å²) in [5.74, 6) is 3.05. The quantitative estimate of drug-likeness (QED) is 0.534.